The number of rotatable bonds is 10. The van der Waals surface area contributed by atoms with Crippen molar-refractivity contribution < 1.29 is 24.1 Å². The van der Waals surface area contributed by atoms with Gasteiger partial charge in [-0.05, 0) is 60.0 Å². The standard InChI is InChI=1S/C22H27N9O5/c1-30(15-5-3-2-4-6-15)12-17-19(25-29-31(17)21-20(23)27-36-28-21)22(34)26-24-11-14-7-9-16(10-8-14)35-13-18(32)33/h7-11,15H,2-6,12-13H2,1H3,(H2,23,27)(H,26,34)(H,32,33). The summed E-state index contributed by atoms with van der Waals surface area (Å²) in [6, 6.07) is 6.94. The highest BCUT2D eigenvalue weighted by Gasteiger charge is 2.27. The van der Waals surface area contributed by atoms with Crippen molar-refractivity contribution in [2.75, 3.05) is 19.4 Å². The molecular weight excluding hydrogens is 470 g/mol. The van der Waals surface area contributed by atoms with Gasteiger partial charge in [-0.1, -0.05) is 24.5 Å². The summed E-state index contributed by atoms with van der Waals surface area (Å²) in [4.78, 5) is 25.7. The Morgan fingerprint density at radius 2 is 2.03 bits per heavy atom. The summed E-state index contributed by atoms with van der Waals surface area (Å²) in [5.74, 6) is -1.03. The van der Waals surface area contributed by atoms with Gasteiger partial charge in [0.2, 0.25) is 11.6 Å². The first-order valence-electron chi connectivity index (χ1n) is 11.4. The van der Waals surface area contributed by atoms with Crippen molar-refractivity contribution in [3.63, 3.8) is 0 Å². The van der Waals surface area contributed by atoms with Crippen LogP contribution in [0.15, 0.2) is 34.0 Å². The van der Waals surface area contributed by atoms with E-state index in [2.05, 4.69) is 36.1 Å². The highest BCUT2D eigenvalue weighted by atomic mass is 16.6. The van der Waals surface area contributed by atoms with E-state index in [1.807, 2.05) is 7.05 Å². The fraction of sp³-hybridized carbons (Fsp3) is 0.409. The van der Waals surface area contributed by atoms with Crippen LogP contribution in [0.2, 0.25) is 0 Å². The molecule has 1 aliphatic carbocycles. The lowest BCUT2D eigenvalue weighted by atomic mass is 9.94. The Morgan fingerprint density at radius 1 is 1.28 bits per heavy atom. The van der Waals surface area contributed by atoms with Crippen LogP contribution in [0.5, 0.6) is 5.75 Å². The molecule has 0 atom stereocenters. The summed E-state index contributed by atoms with van der Waals surface area (Å²) in [5, 5.41) is 28.2. The van der Waals surface area contributed by atoms with Crippen molar-refractivity contribution in [1.29, 1.82) is 0 Å². The molecule has 4 N–H and O–H groups in total. The number of carboxylic acids is 1. The molecule has 2 heterocycles. The quantitative estimate of drug-likeness (QED) is 0.270. The van der Waals surface area contributed by atoms with Gasteiger partial charge in [-0.3, -0.25) is 9.69 Å². The number of anilines is 1. The number of hydrogen-bond acceptors (Lipinski definition) is 11. The summed E-state index contributed by atoms with van der Waals surface area (Å²) in [6.45, 7) is -0.0489. The number of hydrazone groups is 1. The summed E-state index contributed by atoms with van der Waals surface area (Å²) < 4.78 is 11.2. The molecule has 0 bridgehead atoms. The second-order valence-electron chi connectivity index (χ2n) is 8.43. The van der Waals surface area contributed by atoms with Crippen LogP contribution in [0.3, 0.4) is 0 Å². The number of nitrogens with one attached hydrogen (secondary N) is 1. The number of carboxylic acid groups (broad SMARTS) is 1. The molecule has 1 aromatic carbocycles. The number of aromatic nitrogens is 5. The number of ether oxygens (including phenoxy) is 1. The molecule has 2 aromatic heterocycles. The first-order valence-corrected chi connectivity index (χ1v) is 11.4. The number of nitrogens with zero attached hydrogens (tertiary/aromatic N) is 7. The molecular formula is C22H27N9O5. The molecule has 0 aliphatic heterocycles. The molecule has 0 unspecified atom stereocenters. The molecule has 1 aliphatic rings. The van der Waals surface area contributed by atoms with Crippen molar-refractivity contribution >= 4 is 23.9 Å². The molecule has 36 heavy (non-hydrogen) atoms. The van der Waals surface area contributed by atoms with Crippen molar-refractivity contribution in [2.45, 2.75) is 44.7 Å². The normalized spacial score (nSPS) is 14.4. The van der Waals surface area contributed by atoms with Crippen molar-refractivity contribution in [2.24, 2.45) is 5.10 Å². The predicted molar refractivity (Wildman–Crippen MR) is 127 cm³/mol. The number of nitrogen functional groups attached to an aromatic ring is 1. The maximum Gasteiger partial charge on any atom is 0.341 e. The lowest BCUT2D eigenvalue weighted by Crippen LogP contribution is -2.34. The highest BCUT2D eigenvalue weighted by Crippen LogP contribution is 2.24. The zero-order chi connectivity index (χ0) is 25.5. The molecule has 14 heteroatoms. The SMILES string of the molecule is CN(Cc1c(C(=O)NN=Cc2ccc(OCC(=O)O)cc2)nnn1-c1nonc1N)C1CCCCC1. The molecule has 0 saturated heterocycles. The van der Waals surface area contributed by atoms with Crippen LogP contribution < -0.4 is 15.9 Å². The Hall–Kier alpha value is -4.33. The minimum Gasteiger partial charge on any atom is -0.482 e. The van der Waals surface area contributed by atoms with E-state index < -0.39 is 18.5 Å². The number of benzene rings is 1. The van der Waals surface area contributed by atoms with Gasteiger partial charge >= 0.3 is 5.97 Å². The molecule has 14 nitrogen and oxygen atoms in total. The average Bonchev–Trinajstić information content (AvgIpc) is 3.49. The Morgan fingerprint density at radius 3 is 2.69 bits per heavy atom. The zero-order valence-corrected chi connectivity index (χ0v) is 19.7. The van der Waals surface area contributed by atoms with E-state index in [-0.39, 0.29) is 17.3 Å². The van der Waals surface area contributed by atoms with E-state index in [1.54, 1.807) is 24.3 Å². The van der Waals surface area contributed by atoms with Gasteiger partial charge < -0.3 is 15.6 Å². The third-order valence-corrected chi connectivity index (χ3v) is 5.89. The second-order valence-corrected chi connectivity index (χ2v) is 8.43. The maximum atomic E-state index is 13.0. The number of carbonyl (C=O) groups excluding carboxylic acids is 1. The molecule has 190 valence electrons. The van der Waals surface area contributed by atoms with Gasteiger partial charge in [0.25, 0.3) is 5.91 Å². The minimum absolute atomic E-state index is 0.0298. The molecule has 0 spiro atoms. The Bertz CT molecular complexity index is 1210. The minimum atomic E-state index is -1.06. The summed E-state index contributed by atoms with van der Waals surface area (Å²) >= 11 is 0. The second kappa shape index (κ2) is 11.4. The van der Waals surface area contributed by atoms with Crippen molar-refractivity contribution in [1.82, 2.24) is 35.6 Å². The van der Waals surface area contributed by atoms with Gasteiger partial charge in [0.15, 0.2) is 12.3 Å². The Kier molecular flexibility index (Phi) is 7.85. The summed E-state index contributed by atoms with van der Waals surface area (Å²) in [5.41, 5.74) is 9.55. The van der Waals surface area contributed by atoms with E-state index in [9.17, 15) is 9.59 Å². The maximum absolute atomic E-state index is 13.0. The third kappa shape index (κ3) is 6.02. The van der Waals surface area contributed by atoms with Crippen LogP contribution in [0, 0.1) is 0 Å². The van der Waals surface area contributed by atoms with E-state index in [0.717, 1.165) is 12.8 Å². The van der Waals surface area contributed by atoms with E-state index in [1.165, 1.54) is 30.2 Å². The number of nitrogens with two attached hydrogens (primary N) is 1. The highest BCUT2D eigenvalue weighted by molar-refractivity contribution is 5.94. The van der Waals surface area contributed by atoms with Gasteiger partial charge in [-0.25, -0.2) is 14.8 Å². The summed E-state index contributed by atoms with van der Waals surface area (Å²) in [6.07, 6.45) is 7.17. The first-order chi connectivity index (χ1) is 17.4. The average molecular weight is 498 g/mol. The van der Waals surface area contributed by atoms with Crippen molar-refractivity contribution in [3.05, 3.63) is 41.2 Å². The number of amides is 1. The smallest absolute Gasteiger partial charge is 0.341 e. The largest absolute Gasteiger partial charge is 0.482 e. The molecule has 1 fully saturated rings. The van der Waals surface area contributed by atoms with Gasteiger partial charge in [0.1, 0.15) is 5.75 Å². The molecule has 0 radical (unpaired) electrons. The monoisotopic (exact) mass is 497 g/mol. The van der Waals surface area contributed by atoms with Gasteiger partial charge in [-0.2, -0.15) is 9.78 Å². The third-order valence-electron chi connectivity index (χ3n) is 5.89. The molecule has 1 saturated carbocycles. The Labute approximate surface area is 206 Å². The fourth-order valence-electron chi connectivity index (χ4n) is 4.03. The van der Waals surface area contributed by atoms with Crippen LogP contribution in [0.4, 0.5) is 5.82 Å². The van der Waals surface area contributed by atoms with Gasteiger partial charge in [0, 0.05) is 12.6 Å². The molecule has 1 amide bonds. The van der Waals surface area contributed by atoms with Crippen LogP contribution in [0.1, 0.15) is 53.8 Å². The van der Waals surface area contributed by atoms with Gasteiger partial charge in [0.05, 0.1) is 11.9 Å². The fourth-order valence-corrected chi connectivity index (χ4v) is 4.03. The zero-order valence-electron chi connectivity index (χ0n) is 19.7. The molecule has 3 aromatic rings. The molecule has 4 rings (SSSR count). The van der Waals surface area contributed by atoms with Crippen LogP contribution in [-0.2, 0) is 11.3 Å². The number of carbonyl (C=O) groups is 2. The van der Waals surface area contributed by atoms with Crippen molar-refractivity contribution in [3.8, 4) is 11.6 Å². The van der Waals surface area contributed by atoms with Crippen LogP contribution >= 0.6 is 0 Å². The number of hydrogen-bond donors (Lipinski definition) is 3. The van der Waals surface area contributed by atoms with E-state index >= 15 is 0 Å². The van der Waals surface area contributed by atoms with Crippen LogP contribution in [-0.4, -0.2) is 73.1 Å². The lowest BCUT2D eigenvalue weighted by Gasteiger charge is -2.31. The first kappa shape index (κ1) is 24.8. The predicted octanol–water partition coefficient (Wildman–Crippen LogP) is 1.22. The topological polar surface area (TPSA) is 187 Å². The number of aliphatic carboxylic acids is 1. The van der Waals surface area contributed by atoms with E-state index in [0.29, 0.717) is 29.6 Å². The Balaban J connectivity index is 1.48. The van der Waals surface area contributed by atoms with Gasteiger partial charge in [-0.15, -0.1) is 5.10 Å². The van der Waals surface area contributed by atoms with E-state index in [4.69, 9.17) is 20.2 Å². The summed E-state index contributed by atoms with van der Waals surface area (Å²) in [7, 11) is 2.00. The van der Waals surface area contributed by atoms with Crippen LogP contribution in [0.25, 0.3) is 5.82 Å². The lowest BCUT2D eigenvalue weighted by molar-refractivity contribution is -0.139.